The summed E-state index contributed by atoms with van der Waals surface area (Å²) in [5, 5.41) is 4.58. The molecule has 0 saturated heterocycles. The highest BCUT2D eigenvalue weighted by molar-refractivity contribution is 7.12. The van der Waals surface area contributed by atoms with E-state index in [0.717, 1.165) is 11.3 Å². The van der Waals surface area contributed by atoms with Gasteiger partial charge >= 0.3 is 5.97 Å². The molecule has 0 fully saturated rings. The second-order valence-corrected chi connectivity index (χ2v) is 6.43. The lowest BCUT2D eigenvalue weighted by Crippen LogP contribution is -2.33. The summed E-state index contributed by atoms with van der Waals surface area (Å²) in [6.07, 6.45) is 1.03. The van der Waals surface area contributed by atoms with Gasteiger partial charge in [0, 0.05) is 19.2 Å². The molecule has 2 heterocycles. The first-order valence-electron chi connectivity index (χ1n) is 7.45. The number of esters is 1. The van der Waals surface area contributed by atoms with E-state index >= 15 is 0 Å². The molecule has 3 rings (SSSR count). The largest absolute Gasteiger partial charge is 0.425 e. The van der Waals surface area contributed by atoms with E-state index in [0.29, 0.717) is 23.5 Å². The molecular formula is C17H16N2O4S. The van der Waals surface area contributed by atoms with E-state index < -0.39 is 5.97 Å². The van der Waals surface area contributed by atoms with E-state index in [1.165, 1.54) is 16.2 Å². The number of thiophene rings is 1. The summed E-state index contributed by atoms with van der Waals surface area (Å²) < 4.78 is 5.30. The van der Waals surface area contributed by atoms with Gasteiger partial charge in [-0.3, -0.25) is 9.59 Å². The number of anilines is 1. The SMILES string of the molecule is CN(CC(=O)Oc1ccc2c(c1)CCC(=O)N2)C(=O)c1cccs1. The van der Waals surface area contributed by atoms with E-state index in [1.807, 2.05) is 5.38 Å². The van der Waals surface area contributed by atoms with Crippen molar-refractivity contribution in [3.63, 3.8) is 0 Å². The first-order valence-corrected chi connectivity index (χ1v) is 8.33. The third-order valence-electron chi connectivity index (χ3n) is 3.65. The van der Waals surface area contributed by atoms with Gasteiger partial charge in [0.15, 0.2) is 0 Å². The summed E-state index contributed by atoms with van der Waals surface area (Å²) in [5.74, 6) is -0.329. The number of hydrogen-bond donors (Lipinski definition) is 1. The Labute approximate surface area is 143 Å². The average Bonchev–Trinajstić information content (AvgIpc) is 3.08. The third-order valence-corrected chi connectivity index (χ3v) is 4.51. The standard InChI is InChI=1S/C17H16N2O4S/c1-19(17(22)14-3-2-8-24-14)10-16(21)23-12-5-6-13-11(9-12)4-7-15(20)18-13/h2-3,5-6,8-9H,4,7,10H2,1H3,(H,18,20). The van der Waals surface area contributed by atoms with E-state index in [1.54, 1.807) is 37.4 Å². The fourth-order valence-electron chi connectivity index (χ4n) is 2.44. The van der Waals surface area contributed by atoms with Crippen molar-refractivity contribution in [1.82, 2.24) is 4.90 Å². The Bertz CT molecular complexity index is 786. The zero-order chi connectivity index (χ0) is 17.1. The molecule has 24 heavy (non-hydrogen) atoms. The first-order chi connectivity index (χ1) is 11.5. The number of hydrogen-bond acceptors (Lipinski definition) is 5. The predicted molar refractivity (Wildman–Crippen MR) is 90.3 cm³/mol. The number of benzene rings is 1. The van der Waals surface area contributed by atoms with Crippen LogP contribution < -0.4 is 10.1 Å². The Hall–Kier alpha value is -2.67. The Morgan fingerprint density at radius 1 is 1.29 bits per heavy atom. The van der Waals surface area contributed by atoms with Gasteiger partial charge in [0.1, 0.15) is 12.3 Å². The van der Waals surface area contributed by atoms with Crippen molar-refractivity contribution in [3.05, 3.63) is 46.2 Å². The molecule has 2 aromatic rings. The topological polar surface area (TPSA) is 75.7 Å². The Kier molecular flexibility index (Phi) is 4.61. The maximum absolute atomic E-state index is 12.1. The first kappa shape index (κ1) is 16.2. The number of carbonyl (C=O) groups excluding carboxylic acids is 3. The van der Waals surface area contributed by atoms with Gasteiger partial charge in [-0.05, 0) is 41.6 Å². The molecule has 0 spiro atoms. The molecule has 6 nitrogen and oxygen atoms in total. The van der Waals surface area contributed by atoms with Crippen LogP contribution in [0.1, 0.15) is 21.7 Å². The Morgan fingerprint density at radius 3 is 2.88 bits per heavy atom. The van der Waals surface area contributed by atoms with Crippen molar-refractivity contribution >= 4 is 34.8 Å². The number of nitrogens with one attached hydrogen (secondary N) is 1. The van der Waals surface area contributed by atoms with Crippen LogP contribution in [0.15, 0.2) is 35.7 Å². The number of amides is 2. The van der Waals surface area contributed by atoms with Crippen LogP contribution in [-0.4, -0.2) is 36.3 Å². The number of rotatable bonds is 4. The second-order valence-electron chi connectivity index (χ2n) is 5.48. The van der Waals surface area contributed by atoms with E-state index in [-0.39, 0.29) is 18.4 Å². The minimum Gasteiger partial charge on any atom is -0.425 e. The molecule has 2 amide bonds. The molecule has 124 valence electrons. The Balaban J connectivity index is 1.61. The number of carbonyl (C=O) groups is 3. The number of fused-ring (bicyclic) bond motifs is 1. The molecule has 1 aromatic heterocycles. The fourth-order valence-corrected chi connectivity index (χ4v) is 3.16. The molecule has 1 aliphatic rings. The number of likely N-dealkylation sites (N-methyl/N-ethyl adjacent to an activating group) is 1. The molecule has 0 unspecified atom stereocenters. The predicted octanol–water partition coefficient (Wildman–Crippen LogP) is 2.31. The molecule has 0 saturated carbocycles. The van der Waals surface area contributed by atoms with Gasteiger partial charge in [-0.2, -0.15) is 0 Å². The van der Waals surface area contributed by atoms with Crippen LogP contribution in [0.3, 0.4) is 0 Å². The van der Waals surface area contributed by atoms with Gasteiger partial charge in [-0.15, -0.1) is 11.3 Å². The van der Waals surface area contributed by atoms with Gasteiger partial charge < -0.3 is 15.0 Å². The van der Waals surface area contributed by atoms with Crippen LogP contribution in [0.4, 0.5) is 5.69 Å². The lowest BCUT2D eigenvalue weighted by atomic mass is 10.0. The maximum Gasteiger partial charge on any atom is 0.331 e. The maximum atomic E-state index is 12.1. The van der Waals surface area contributed by atoms with Crippen molar-refractivity contribution in [2.24, 2.45) is 0 Å². The molecule has 1 aromatic carbocycles. The van der Waals surface area contributed by atoms with Gasteiger partial charge in [-0.25, -0.2) is 4.79 Å². The lowest BCUT2D eigenvalue weighted by molar-refractivity contribution is -0.134. The van der Waals surface area contributed by atoms with Crippen LogP contribution in [0, 0.1) is 0 Å². The average molecular weight is 344 g/mol. The lowest BCUT2D eigenvalue weighted by Gasteiger charge is -2.18. The smallest absolute Gasteiger partial charge is 0.331 e. The molecule has 0 bridgehead atoms. The van der Waals surface area contributed by atoms with Crippen LogP contribution in [0.2, 0.25) is 0 Å². The summed E-state index contributed by atoms with van der Waals surface area (Å²) in [5.41, 5.74) is 1.68. The summed E-state index contributed by atoms with van der Waals surface area (Å²) in [4.78, 5) is 37.4. The molecule has 0 radical (unpaired) electrons. The minimum atomic E-state index is -0.512. The zero-order valence-electron chi connectivity index (χ0n) is 13.1. The molecule has 0 atom stereocenters. The van der Waals surface area contributed by atoms with Gasteiger partial charge in [0.25, 0.3) is 5.91 Å². The number of nitrogens with zero attached hydrogens (tertiary/aromatic N) is 1. The van der Waals surface area contributed by atoms with Crippen molar-refractivity contribution in [2.45, 2.75) is 12.8 Å². The van der Waals surface area contributed by atoms with Crippen LogP contribution in [0.5, 0.6) is 5.75 Å². The van der Waals surface area contributed by atoms with Crippen molar-refractivity contribution in [3.8, 4) is 5.75 Å². The molecule has 1 aliphatic heterocycles. The highest BCUT2D eigenvalue weighted by atomic mass is 32.1. The molecule has 0 aliphatic carbocycles. The Morgan fingerprint density at radius 2 is 2.12 bits per heavy atom. The van der Waals surface area contributed by atoms with Crippen LogP contribution >= 0.6 is 11.3 Å². The van der Waals surface area contributed by atoms with E-state index in [9.17, 15) is 14.4 Å². The number of ether oxygens (including phenoxy) is 1. The van der Waals surface area contributed by atoms with Crippen LogP contribution in [0.25, 0.3) is 0 Å². The highest BCUT2D eigenvalue weighted by Crippen LogP contribution is 2.26. The second kappa shape index (κ2) is 6.84. The quantitative estimate of drug-likeness (QED) is 0.682. The van der Waals surface area contributed by atoms with Crippen molar-refractivity contribution in [2.75, 3.05) is 18.9 Å². The summed E-state index contributed by atoms with van der Waals surface area (Å²) in [6, 6.07) is 8.59. The number of aryl methyl sites for hydroxylation is 1. The minimum absolute atomic E-state index is 0.0130. The monoisotopic (exact) mass is 344 g/mol. The van der Waals surface area contributed by atoms with Crippen molar-refractivity contribution < 1.29 is 19.1 Å². The summed E-state index contributed by atoms with van der Waals surface area (Å²) >= 11 is 1.33. The molecular weight excluding hydrogens is 328 g/mol. The fraction of sp³-hybridized carbons (Fsp3) is 0.235. The van der Waals surface area contributed by atoms with Gasteiger partial charge in [0.2, 0.25) is 5.91 Å². The third kappa shape index (κ3) is 3.62. The van der Waals surface area contributed by atoms with Crippen LogP contribution in [-0.2, 0) is 16.0 Å². The van der Waals surface area contributed by atoms with Gasteiger partial charge in [0.05, 0.1) is 4.88 Å². The summed E-state index contributed by atoms with van der Waals surface area (Å²) in [7, 11) is 1.56. The zero-order valence-corrected chi connectivity index (χ0v) is 13.9. The van der Waals surface area contributed by atoms with Gasteiger partial charge in [-0.1, -0.05) is 6.07 Å². The van der Waals surface area contributed by atoms with E-state index in [2.05, 4.69) is 5.32 Å². The highest BCUT2D eigenvalue weighted by Gasteiger charge is 2.19. The molecule has 7 heteroatoms. The normalized spacial score (nSPS) is 13.0. The van der Waals surface area contributed by atoms with E-state index in [4.69, 9.17) is 4.74 Å². The summed E-state index contributed by atoms with van der Waals surface area (Å²) in [6.45, 7) is -0.134. The van der Waals surface area contributed by atoms with Crippen molar-refractivity contribution in [1.29, 1.82) is 0 Å². The molecule has 1 N–H and O–H groups in total.